The molecule has 148 valence electrons. The molecule has 0 saturated carbocycles. The molecule has 0 radical (unpaired) electrons. The summed E-state index contributed by atoms with van der Waals surface area (Å²) in [6.45, 7) is 2.07. The number of carbonyl (C=O) groups excluding carboxylic acids is 2. The average Bonchev–Trinajstić information content (AvgIpc) is 2.77. The van der Waals surface area contributed by atoms with E-state index in [9.17, 15) is 14.0 Å². The second kappa shape index (κ2) is 9.15. The van der Waals surface area contributed by atoms with Crippen molar-refractivity contribution in [3.8, 4) is 0 Å². The Labute approximate surface area is 169 Å². The molecule has 0 saturated heterocycles. The van der Waals surface area contributed by atoms with Crippen molar-refractivity contribution in [2.75, 3.05) is 7.11 Å². The highest BCUT2D eigenvalue weighted by atomic mass is 19.1. The molecule has 4 nitrogen and oxygen atoms in total. The Hall–Kier alpha value is -3.47. The lowest BCUT2D eigenvalue weighted by Crippen LogP contribution is -2.29. The fourth-order valence-electron chi connectivity index (χ4n) is 3.08. The molecule has 3 aromatic rings. The van der Waals surface area contributed by atoms with Crippen LogP contribution in [0.25, 0.3) is 0 Å². The van der Waals surface area contributed by atoms with Gasteiger partial charge in [-0.05, 0) is 59.5 Å². The first-order chi connectivity index (χ1) is 14.0. The smallest absolute Gasteiger partial charge is 0.337 e. The van der Waals surface area contributed by atoms with Gasteiger partial charge in [0.15, 0.2) is 0 Å². The van der Waals surface area contributed by atoms with Crippen LogP contribution in [0, 0.1) is 5.82 Å². The highest BCUT2D eigenvalue weighted by molar-refractivity contribution is 5.96. The van der Waals surface area contributed by atoms with Gasteiger partial charge in [0.1, 0.15) is 5.82 Å². The van der Waals surface area contributed by atoms with Crippen LogP contribution >= 0.6 is 0 Å². The number of ether oxygens (including phenoxy) is 1. The Morgan fingerprint density at radius 2 is 1.59 bits per heavy atom. The summed E-state index contributed by atoms with van der Waals surface area (Å²) in [5, 5.41) is 2.97. The molecule has 1 atom stereocenters. The number of nitrogens with one attached hydrogen (secondary N) is 1. The normalized spacial score (nSPS) is 11.6. The quantitative estimate of drug-likeness (QED) is 0.620. The van der Waals surface area contributed by atoms with Gasteiger partial charge in [-0.1, -0.05) is 43.3 Å². The van der Waals surface area contributed by atoms with Crippen LogP contribution in [0.5, 0.6) is 0 Å². The maximum absolute atomic E-state index is 13.8. The third-order valence-corrected chi connectivity index (χ3v) is 4.75. The van der Waals surface area contributed by atoms with Gasteiger partial charge < -0.3 is 10.1 Å². The predicted octanol–water partition coefficient (Wildman–Crippen LogP) is 4.69. The van der Waals surface area contributed by atoms with E-state index in [2.05, 4.69) is 17.0 Å². The van der Waals surface area contributed by atoms with Gasteiger partial charge in [0.2, 0.25) is 0 Å². The average molecular weight is 391 g/mol. The first kappa shape index (κ1) is 20.3. The lowest BCUT2D eigenvalue weighted by molar-refractivity contribution is 0.0600. The van der Waals surface area contributed by atoms with Crippen molar-refractivity contribution in [3.05, 3.63) is 106 Å². The Balaban J connectivity index is 1.89. The highest BCUT2D eigenvalue weighted by Gasteiger charge is 2.19. The van der Waals surface area contributed by atoms with Crippen LogP contribution < -0.4 is 5.32 Å². The van der Waals surface area contributed by atoms with E-state index in [1.165, 1.54) is 36.9 Å². The largest absolute Gasteiger partial charge is 0.465 e. The first-order valence-corrected chi connectivity index (χ1v) is 9.35. The summed E-state index contributed by atoms with van der Waals surface area (Å²) < 4.78 is 18.5. The van der Waals surface area contributed by atoms with Gasteiger partial charge >= 0.3 is 5.97 Å². The Morgan fingerprint density at radius 1 is 0.931 bits per heavy atom. The number of rotatable bonds is 6. The second-order valence-electron chi connectivity index (χ2n) is 6.63. The number of carbonyl (C=O) groups is 2. The van der Waals surface area contributed by atoms with Crippen molar-refractivity contribution in [2.45, 2.75) is 19.4 Å². The van der Waals surface area contributed by atoms with E-state index in [0.717, 1.165) is 12.0 Å². The van der Waals surface area contributed by atoms with E-state index in [4.69, 9.17) is 0 Å². The van der Waals surface area contributed by atoms with Crippen molar-refractivity contribution in [3.63, 3.8) is 0 Å². The van der Waals surface area contributed by atoms with Crippen molar-refractivity contribution in [2.24, 2.45) is 0 Å². The molecule has 1 unspecified atom stereocenters. The second-order valence-corrected chi connectivity index (χ2v) is 6.63. The lowest BCUT2D eigenvalue weighted by atomic mass is 9.96. The molecular weight excluding hydrogens is 369 g/mol. The van der Waals surface area contributed by atoms with Gasteiger partial charge in [-0.15, -0.1) is 0 Å². The molecule has 0 aliphatic rings. The molecule has 0 aromatic heterocycles. The topological polar surface area (TPSA) is 55.4 Å². The van der Waals surface area contributed by atoms with Crippen LogP contribution in [-0.4, -0.2) is 19.0 Å². The number of aryl methyl sites for hydroxylation is 1. The standard InChI is InChI=1S/C24H22FNO3/c1-3-16-7-9-17(10-8-16)22(20-5-4-6-21(25)15-20)26-23(27)18-11-13-19(14-12-18)24(28)29-2/h4-15,22H,3H2,1-2H3,(H,26,27). The first-order valence-electron chi connectivity index (χ1n) is 9.35. The van der Waals surface area contributed by atoms with E-state index < -0.39 is 12.0 Å². The molecule has 29 heavy (non-hydrogen) atoms. The number of amides is 1. The summed E-state index contributed by atoms with van der Waals surface area (Å²) >= 11 is 0. The van der Waals surface area contributed by atoms with E-state index in [-0.39, 0.29) is 11.7 Å². The van der Waals surface area contributed by atoms with Crippen LogP contribution in [0.2, 0.25) is 0 Å². The van der Waals surface area contributed by atoms with E-state index in [1.54, 1.807) is 24.3 Å². The Bertz CT molecular complexity index is 997. The Morgan fingerprint density at radius 3 is 2.17 bits per heavy atom. The summed E-state index contributed by atoms with van der Waals surface area (Å²) in [6.07, 6.45) is 0.907. The molecule has 5 heteroatoms. The maximum atomic E-state index is 13.8. The minimum atomic E-state index is -0.510. The summed E-state index contributed by atoms with van der Waals surface area (Å²) in [5.41, 5.74) is 3.43. The van der Waals surface area contributed by atoms with Crippen molar-refractivity contribution in [1.29, 1.82) is 0 Å². The predicted molar refractivity (Wildman–Crippen MR) is 109 cm³/mol. The summed E-state index contributed by atoms with van der Waals surface area (Å²) in [7, 11) is 1.30. The third-order valence-electron chi connectivity index (χ3n) is 4.75. The van der Waals surface area contributed by atoms with Gasteiger partial charge in [-0.3, -0.25) is 4.79 Å². The zero-order valence-corrected chi connectivity index (χ0v) is 16.3. The minimum Gasteiger partial charge on any atom is -0.465 e. The molecule has 3 rings (SSSR count). The van der Waals surface area contributed by atoms with Crippen LogP contribution in [0.4, 0.5) is 4.39 Å². The van der Waals surface area contributed by atoms with E-state index in [1.807, 2.05) is 24.3 Å². The molecule has 0 aliphatic heterocycles. The lowest BCUT2D eigenvalue weighted by Gasteiger charge is -2.20. The van der Waals surface area contributed by atoms with Crippen LogP contribution in [0.15, 0.2) is 72.8 Å². The van der Waals surface area contributed by atoms with Crippen molar-refractivity contribution >= 4 is 11.9 Å². The van der Waals surface area contributed by atoms with Gasteiger partial charge in [-0.2, -0.15) is 0 Å². The molecule has 0 spiro atoms. The molecule has 3 aromatic carbocycles. The molecule has 1 amide bonds. The number of esters is 1. The van der Waals surface area contributed by atoms with Gasteiger partial charge in [0.25, 0.3) is 5.91 Å². The number of hydrogen-bond donors (Lipinski definition) is 1. The third kappa shape index (κ3) is 4.88. The van der Waals surface area contributed by atoms with Crippen molar-refractivity contribution in [1.82, 2.24) is 5.32 Å². The molecular formula is C24H22FNO3. The van der Waals surface area contributed by atoms with Gasteiger partial charge in [-0.25, -0.2) is 9.18 Å². The Kier molecular flexibility index (Phi) is 6.39. The number of benzene rings is 3. The monoisotopic (exact) mass is 391 g/mol. The zero-order valence-electron chi connectivity index (χ0n) is 16.3. The summed E-state index contributed by atoms with van der Waals surface area (Å²) in [6, 6.07) is 19.7. The van der Waals surface area contributed by atoms with E-state index in [0.29, 0.717) is 16.7 Å². The maximum Gasteiger partial charge on any atom is 0.337 e. The summed E-state index contributed by atoms with van der Waals surface area (Å²) in [4.78, 5) is 24.4. The zero-order chi connectivity index (χ0) is 20.8. The van der Waals surface area contributed by atoms with Crippen LogP contribution in [0.3, 0.4) is 0 Å². The number of methoxy groups -OCH3 is 1. The number of hydrogen-bond acceptors (Lipinski definition) is 3. The fraction of sp³-hybridized carbons (Fsp3) is 0.167. The van der Waals surface area contributed by atoms with E-state index >= 15 is 0 Å². The fourth-order valence-corrected chi connectivity index (χ4v) is 3.08. The molecule has 0 fully saturated rings. The van der Waals surface area contributed by atoms with Crippen molar-refractivity contribution < 1.29 is 18.7 Å². The highest BCUT2D eigenvalue weighted by Crippen LogP contribution is 2.24. The van der Waals surface area contributed by atoms with Gasteiger partial charge in [0, 0.05) is 5.56 Å². The molecule has 0 heterocycles. The summed E-state index contributed by atoms with van der Waals surface area (Å²) in [5.74, 6) is -1.16. The molecule has 1 N–H and O–H groups in total. The van der Waals surface area contributed by atoms with Crippen LogP contribution in [0.1, 0.15) is 50.4 Å². The molecule has 0 bridgehead atoms. The number of halogens is 1. The minimum absolute atomic E-state index is 0.324. The molecule has 0 aliphatic carbocycles. The van der Waals surface area contributed by atoms with Crippen LogP contribution in [-0.2, 0) is 11.2 Å². The SMILES string of the molecule is CCc1ccc(C(NC(=O)c2ccc(C(=O)OC)cc2)c2cccc(F)c2)cc1. The van der Waals surface area contributed by atoms with Gasteiger partial charge in [0.05, 0.1) is 18.7 Å².